The summed E-state index contributed by atoms with van der Waals surface area (Å²) < 4.78 is 8.52. The van der Waals surface area contributed by atoms with Gasteiger partial charge in [-0.05, 0) is 31.2 Å². The first-order chi connectivity index (χ1) is 13.7. The fourth-order valence-electron chi connectivity index (χ4n) is 4.01. The summed E-state index contributed by atoms with van der Waals surface area (Å²) in [5.74, 6) is 1.11. The number of hydrogen-bond donors (Lipinski definition) is 0. The van der Waals surface area contributed by atoms with Crippen molar-refractivity contribution in [3.8, 4) is 0 Å². The Hall–Kier alpha value is -2.41. The molecule has 1 aromatic heterocycles. The van der Waals surface area contributed by atoms with Crippen LogP contribution in [0.4, 0.5) is 0 Å². The van der Waals surface area contributed by atoms with Crippen LogP contribution >= 0.6 is 0 Å². The molecule has 4 rings (SSSR count). The lowest BCUT2D eigenvalue weighted by atomic mass is 9.96. The largest absolute Gasteiger partial charge is 0.383 e. The Bertz CT molecular complexity index is 870. The average molecular weight is 384 g/mol. The third-order valence-corrected chi connectivity index (χ3v) is 5.65. The highest BCUT2D eigenvalue weighted by Crippen LogP contribution is 2.37. The zero-order chi connectivity index (χ0) is 19.5. The predicted octanol–water partition coefficient (Wildman–Crippen LogP) is 1.97. The highest BCUT2D eigenvalue weighted by molar-refractivity contribution is 5.78. The van der Waals surface area contributed by atoms with Crippen molar-refractivity contribution in [2.75, 3.05) is 26.8 Å². The third-order valence-electron chi connectivity index (χ3n) is 5.65. The number of hydrogen-bond acceptors (Lipinski definition) is 4. The van der Waals surface area contributed by atoms with Gasteiger partial charge in [0.2, 0.25) is 5.91 Å². The fraction of sp³-hybridized carbons (Fsp3) is 0.571. The number of piperidine rings is 1. The van der Waals surface area contributed by atoms with Gasteiger partial charge in [0.05, 0.1) is 19.6 Å². The van der Waals surface area contributed by atoms with Crippen molar-refractivity contribution < 1.29 is 9.53 Å². The second-order valence-corrected chi connectivity index (χ2v) is 7.80. The molecule has 7 nitrogen and oxygen atoms in total. The van der Waals surface area contributed by atoms with Crippen LogP contribution in [-0.4, -0.2) is 52.0 Å². The first kappa shape index (κ1) is 18.9. The highest BCUT2D eigenvalue weighted by Gasteiger charge is 2.35. The summed E-state index contributed by atoms with van der Waals surface area (Å²) >= 11 is 0. The van der Waals surface area contributed by atoms with Gasteiger partial charge < -0.3 is 9.64 Å². The van der Waals surface area contributed by atoms with Crippen molar-refractivity contribution in [2.24, 2.45) is 0 Å². The number of carbonyl (C=O) groups excluding carboxylic acids is 1. The lowest BCUT2D eigenvalue weighted by molar-refractivity contribution is -0.131. The maximum atomic E-state index is 12.8. The van der Waals surface area contributed by atoms with Crippen molar-refractivity contribution in [1.29, 1.82) is 0 Å². The number of methoxy groups -OCH3 is 1. The zero-order valence-corrected chi connectivity index (χ0v) is 16.4. The Morgan fingerprint density at radius 1 is 1.21 bits per heavy atom. The first-order valence-electron chi connectivity index (χ1n) is 10.2. The van der Waals surface area contributed by atoms with Crippen molar-refractivity contribution >= 4 is 5.91 Å². The van der Waals surface area contributed by atoms with E-state index in [2.05, 4.69) is 5.10 Å². The van der Waals surface area contributed by atoms with Gasteiger partial charge in [-0.15, -0.1) is 0 Å². The molecule has 1 aliphatic heterocycles. The van der Waals surface area contributed by atoms with Gasteiger partial charge in [0, 0.05) is 32.2 Å². The molecule has 1 atom stereocenters. The number of likely N-dealkylation sites (tertiary alicyclic amines) is 1. The summed E-state index contributed by atoms with van der Waals surface area (Å²) in [6, 6.07) is 10.1. The monoisotopic (exact) mass is 384 g/mol. The second-order valence-electron chi connectivity index (χ2n) is 7.80. The minimum Gasteiger partial charge on any atom is -0.383 e. The molecule has 1 aliphatic carbocycles. The zero-order valence-electron chi connectivity index (χ0n) is 16.4. The van der Waals surface area contributed by atoms with Gasteiger partial charge in [0.15, 0.2) is 0 Å². The van der Waals surface area contributed by atoms with Crippen LogP contribution in [0.25, 0.3) is 0 Å². The van der Waals surface area contributed by atoms with E-state index in [1.165, 1.54) is 4.68 Å². The van der Waals surface area contributed by atoms with Gasteiger partial charge >= 0.3 is 5.69 Å². The summed E-state index contributed by atoms with van der Waals surface area (Å²) in [6.45, 7) is 2.35. The smallest absolute Gasteiger partial charge is 0.346 e. The van der Waals surface area contributed by atoms with Crippen LogP contribution in [-0.2, 0) is 22.5 Å². The van der Waals surface area contributed by atoms with E-state index in [0.29, 0.717) is 26.1 Å². The number of rotatable bonds is 7. The summed E-state index contributed by atoms with van der Waals surface area (Å²) in [4.78, 5) is 27.5. The summed E-state index contributed by atoms with van der Waals surface area (Å²) in [7, 11) is 1.63. The van der Waals surface area contributed by atoms with E-state index in [1.54, 1.807) is 7.11 Å². The van der Waals surface area contributed by atoms with E-state index in [1.807, 2.05) is 39.8 Å². The summed E-state index contributed by atoms with van der Waals surface area (Å²) in [5, 5.41) is 4.66. The Labute approximate surface area is 164 Å². The molecule has 0 bridgehead atoms. The molecule has 2 fully saturated rings. The standard InChI is InChI=1S/C21H28N4O3/c1-28-13-12-24-21(27)25(18-9-10-18)20(22-24)17-8-5-11-23(15-17)19(26)14-16-6-3-2-4-7-16/h2-4,6-7,17-18H,5,8-15H2,1H3. The van der Waals surface area contributed by atoms with Crippen molar-refractivity contribution in [2.45, 2.75) is 50.6 Å². The molecule has 1 saturated heterocycles. The van der Waals surface area contributed by atoms with Crippen LogP contribution < -0.4 is 5.69 Å². The van der Waals surface area contributed by atoms with Crippen LogP contribution in [0.2, 0.25) is 0 Å². The number of nitrogens with zero attached hydrogens (tertiary/aromatic N) is 4. The molecule has 1 aromatic carbocycles. The number of ether oxygens (including phenoxy) is 1. The summed E-state index contributed by atoms with van der Waals surface area (Å²) in [5.41, 5.74) is 0.996. The molecule has 0 spiro atoms. The Morgan fingerprint density at radius 2 is 2.00 bits per heavy atom. The van der Waals surface area contributed by atoms with E-state index >= 15 is 0 Å². The van der Waals surface area contributed by atoms with Crippen molar-refractivity contribution in [3.63, 3.8) is 0 Å². The predicted molar refractivity (Wildman–Crippen MR) is 105 cm³/mol. The van der Waals surface area contributed by atoms with Crippen LogP contribution in [0.5, 0.6) is 0 Å². The van der Waals surface area contributed by atoms with Gasteiger partial charge in [0.1, 0.15) is 5.82 Å². The van der Waals surface area contributed by atoms with Crippen LogP contribution in [0, 0.1) is 0 Å². The molecule has 0 N–H and O–H groups in total. The maximum Gasteiger partial charge on any atom is 0.346 e. The topological polar surface area (TPSA) is 69.4 Å². The fourth-order valence-corrected chi connectivity index (χ4v) is 4.01. The minimum atomic E-state index is -0.0396. The molecule has 2 aromatic rings. The Kier molecular flexibility index (Phi) is 5.62. The molecule has 1 saturated carbocycles. The average Bonchev–Trinajstić information content (AvgIpc) is 3.50. The summed E-state index contributed by atoms with van der Waals surface area (Å²) in [6.07, 6.45) is 4.39. The molecular formula is C21H28N4O3. The quantitative estimate of drug-likeness (QED) is 0.732. The van der Waals surface area contributed by atoms with E-state index in [-0.39, 0.29) is 23.6 Å². The van der Waals surface area contributed by atoms with Gasteiger partial charge in [0.25, 0.3) is 0 Å². The molecular weight excluding hydrogens is 356 g/mol. The lowest BCUT2D eigenvalue weighted by Crippen LogP contribution is -2.40. The van der Waals surface area contributed by atoms with E-state index < -0.39 is 0 Å². The van der Waals surface area contributed by atoms with E-state index in [9.17, 15) is 9.59 Å². The highest BCUT2D eigenvalue weighted by atomic mass is 16.5. The molecule has 150 valence electrons. The van der Waals surface area contributed by atoms with Gasteiger partial charge in [-0.1, -0.05) is 30.3 Å². The number of carbonyl (C=O) groups is 1. The van der Waals surface area contributed by atoms with Crippen LogP contribution in [0.15, 0.2) is 35.1 Å². The number of amides is 1. The Balaban J connectivity index is 1.51. The normalized spacial score (nSPS) is 19.8. The van der Waals surface area contributed by atoms with Crippen LogP contribution in [0.3, 0.4) is 0 Å². The van der Waals surface area contributed by atoms with Crippen LogP contribution in [0.1, 0.15) is 49.0 Å². The number of aromatic nitrogens is 3. The molecule has 7 heteroatoms. The molecule has 1 amide bonds. The Morgan fingerprint density at radius 3 is 2.71 bits per heavy atom. The molecule has 28 heavy (non-hydrogen) atoms. The molecule has 2 aliphatic rings. The first-order valence-corrected chi connectivity index (χ1v) is 10.2. The number of benzene rings is 1. The van der Waals surface area contributed by atoms with E-state index in [4.69, 9.17) is 4.74 Å². The SMILES string of the molecule is COCCn1nc(C2CCCN(C(=O)Cc3ccccc3)C2)n(C2CC2)c1=O. The third kappa shape index (κ3) is 4.04. The van der Waals surface area contributed by atoms with E-state index in [0.717, 1.165) is 43.6 Å². The minimum absolute atomic E-state index is 0.0396. The maximum absolute atomic E-state index is 12.8. The molecule has 1 unspecified atom stereocenters. The van der Waals surface area contributed by atoms with Crippen molar-refractivity contribution in [3.05, 3.63) is 52.2 Å². The van der Waals surface area contributed by atoms with Gasteiger partial charge in [-0.3, -0.25) is 9.36 Å². The lowest BCUT2D eigenvalue weighted by Gasteiger charge is -2.32. The molecule has 0 radical (unpaired) electrons. The van der Waals surface area contributed by atoms with Gasteiger partial charge in [-0.2, -0.15) is 5.10 Å². The van der Waals surface area contributed by atoms with Gasteiger partial charge in [-0.25, -0.2) is 9.48 Å². The molecule has 2 heterocycles. The van der Waals surface area contributed by atoms with Crippen molar-refractivity contribution in [1.82, 2.24) is 19.2 Å². The second kappa shape index (κ2) is 8.31.